The maximum atomic E-state index is 14.4. The minimum atomic E-state index is -1.14. The number of hydrazine groups is 1. The fourth-order valence-corrected chi connectivity index (χ4v) is 6.49. The van der Waals surface area contributed by atoms with Gasteiger partial charge < -0.3 is 35.4 Å². The highest BCUT2D eigenvalue weighted by Gasteiger charge is 2.41. The molecule has 2 aromatic rings. The third-order valence-corrected chi connectivity index (χ3v) is 10.0. The van der Waals surface area contributed by atoms with E-state index in [1.807, 2.05) is 71.0 Å². The van der Waals surface area contributed by atoms with Gasteiger partial charge in [-0.05, 0) is 61.6 Å². The third-order valence-electron chi connectivity index (χ3n) is 10.0. The number of nitrogens with zero attached hydrogens (tertiary/aromatic N) is 4. The summed E-state index contributed by atoms with van der Waals surface area (Å²) >= 11 is 0. The number of benzene rings is 1. The van der Waals surface area contributed by atoms with E-state index < -0.39 is 47.2 Å². The van der Waals surface area contributed by atoms with Crippen LogP contribution in [0.1, 0.15) is 92.1 Å². The number of methoxy groups -OCH3 is 1. The predicted molar refractivity (Wildman–Crippen MR) is 211 cm³/mol. The molecule has 5 N–H and O–H groups in total. The summed E-state index contributed by atoms with van der Waals surface area (Å²) in [6, 6.07) is 12.1. The zero-order valence-corrected chi connectivity index (χ0v) is 34.5. The highest BCUT2D eigenvalue weighted by molar-refractivity contribution is 5.88. The van der Waals surface area contributed by atoms with Gasteiger partial charge >= 0.3 is 12.1 Å². The number of amides is 5. The van der Waals surface area contributed by atoms with Crippen molar-refractivity contribution in [2.24, 2.45) is 17.3 Å². The number of ether oxygens (including phenoxy) is 1. The summed E-state index contributed by atoms with van der Waals surface area (Å²) in [4.78, 5) is 62.0. The molecule has 0 spiro atoms. The molecule has 0 saturated carbocycles. The highest BCUT2D eigenvalue weighted by Crippen LogP contribution is 2.24. The van der Waals surface area contributed by atoms with Gasteiger partial charge in [-0.1, -0.05) is 91.3 Å². The zero-order valence-electron chi connectivity index (χ0n) is 34.5. The number of hydrogen-bond acceptors (Lipinski definition) is 9. The molecule has 5 amide bonds. The van der Waals surface area contributed by atoms with Gasteiger partial charge in [-0.3, -0.25) is 20.0 Å². The lowest BCUT2D eigenvalue weighted by molar-refractivity contribution is -0.132. The van der Waals surface area contributed by atoms with Gasteiger partial charge in [0.05, 0.1) is 37.2 Å². The van der Waals surface area contributed by atoms with Crippen LogP contribution in [0.2, 0.25) is 0 Å². The van der Waals surface area contributed by atoms with Crippen LogP contribution < -0.4 is 16.1 Å². The first-order valence-corrected chi connectivity index (χ1v) is 19.4. The average molecular weight is 768 g/mol. The van der Waals surface area contributed by atoms with Gasteiger partial charge in [0, 0.05) is 26.2 Å². The first-order valence-electron chi connectivity index (χ1n) is 19.4. The summed E-state index contributed by atoms with van der Waals surface area (Å²) in [5, 5.41) is 29.8. The molecule has 1 fully saturated rings. The third kappa shape index (κ3) is 13.5. The molecule has 3 rings (SSSR count). The number of nitrogens with one attached hydrogen (secondary N) is 3. The second-order valence-electron chi connectivity index (χ2n) is 16.7. The molecular weight excluding hydrogens is 702 g/mol. The highest BCUT2D eigenvalue weighted by atomic mass is 16.5. The minimum absolute atomic E-state index is 0.0214. The van der Waals surface area contributed by atoms with Gasteiger partial charge in [0.25, 0.3) is 5.91 Å². The van der Waals surface area contributed by atoms with E-state index in [0.29, 0.717) is 50.3 Å². The fraction of sp³-hybridized carbons (Fsp3) is 0.634. The summed E-state index contributed by atoms with van der Waals surface area (Å²) in [5.74, 6) is -0.750. The van der Waals surface area contributed by atoms with E-state index in [4.69, 9.17) is 4.74 Å². The SMILES string of the molecule is CC[C@H](C)[C@@H](C(=O)N[C@@H](Cc1ccccc1)[C@@H](O)CN(CCC(C)C)NC(=O)[C@@H](NC(=O)OC)C(C)(C)C)N1CCN(Cc2cccc(C(C)(C)O)n2)C1=O. The Morgan fingerprint density at radius 1 is 0.964 bits per heavy atom. The second kappa shape index (κ2) is 20.1. The minimum Gasteiger partial charge on any atom is -0.453 e. The Morgan fingerprint density at radius 3 is 2.22 bits per heavy atom. The summed E-state index contributed by atoms with van der Waals surface area (Å²) in [5.41, 5.74) is 3.16. The van der Waals surface area contributed by atoms with Crippen molar-refractivity contribution in [3.8, 4) is 0 Å². The Morgan fingerprint density at radius 2 is 1.64 bits per heavy atom. The number of aromatic nitrogens is 1. The Labute approximate surface area is 327 Å². The van der Waals surface area contributed by atoms with Crippen LogP contribution in [-0.4, -0.2) is 111 Å². The lowest BCUT2D eigenvalue weighted by atomic mass is 9.86. The monoisotopic (exact) mass is 767 g/mol. The van der Waals surface area contributed by atoms with Crippen LogP contribution in [0, 0.1) is 17.3 Å². The molecule has 0 bridgehead atoms. The molecule has 0 unspecified atom stereocenters. The first kappa shape index (κ1) is 45.1. The Balaban J connectivity index is 1.87. The van der Waals surface area contributed by atoms with Crippen molar-refractivity contribution in [3.63, 3.8) is 0 Å². The molecule has 1 aromatic carbocycles. The van der Waals surface area contributed by atoms with Crippen molar-refractivity contribution in [2.45, 2.75) is 118 Å². The molecule has 55 heavy (non-hydrogen) atoms. The standard InChI is InChI=1S/C41H65N7O7/c1-11-28(4)34(48-23-22-46(39(48)53)25-30-18-15-19-33(42-30)41(8,9)54)36(50)43-31(24-29-16-13-12-14-17-29)32(49)26-47(21-20-27(2)3)45-37(51)35(40(5,6)7)44-38(52)55-10/h12-19,27-28,31-32,34-35,49,54H,11,20-26H2,1-10H3,(H,43,50)(H,44,52)(H,45,51)/t28-,31-,32-,34-,35+/m0/s1. The Bertz CT molecular complexity index is 1560. The molecule has 0 aliphatic carbocycles. The number of aliphatic hydroxyl groups is 2. The molecule has 14 nitrogen and oxygen atoms in total. The van der Waals surface area contributed by atoms with Crippen molar-refractivity contribution >= 4 is 23.9 Å². The van der Waals surface area contributed by atoms with Crippen LogP contribution >= 0.6 is 0 Å². The number of rotatable bonds is 19. The summed E-state index contributed by atoms with van der Waals surface area (Å²) in [6.45, 7) is 18.2. The number of pyridine rings is 1. The number of hydrogen-bond donors (Lipinski definition) is 5. The number of aliphatic hydroxyl groups excluding tert-OH is 1. The van der Waals surface area contributed by atoms with Crippen LogP contribution in [-0.2, 0) is 32.9 Å². The molecule has 306 valence electrons. The van der Waals surface area contributed by atoms with Gasteiger partial charge in [-0.2, -0.15) is 0 Å². The Hall–Kier alpha value is -4.27. The van der Waals surface area contributed by atoms with E-state index in [0.717, 1.165) is 5.56 Å². The molecule has 14 heteroatoms. The Kier molecular flexibility index (Phi) is 16.5. The molecular formula is C41H65N7O7. The quantitative estimate of drug-likeness (QED) is 0.131. The van der Waals surface area contributed by atoms with Crippen LogP contribution in [0.5, 0.6) is 0 Å². The first-order chi connectivity index (χ1) is 25.7. The van der Waals surface area contributed by atoms with Crippen molar-refractivity contribution in [1.82, 2.24) is 35.9 Å². The summed E-state index contributed by atoms with van der Waals surface area (Å²) < 4.78 is 4.77. The van der Waals surface area contributed by atoms with E-state index >= 15 is 0 Å². The van der Waals surface area contributed by atoms with Crippen LogP contribution in [0.3, 0.4) is 0 Å². The van der Waals surface area contributed by atoms with Gasteiger partial charge in [-0.25, -0.2) is 14.6 Å². The van der Waals surface area contributed by atoms with Crippen molar-refractivity contribution in [2.75, 3.05) is 33.3 Å². The van der Waals surface area contributed by atoms with Gasteiger partial charge in [-0.15, -0.1) is 0 Å². The maximum absolute atomic E-state index is 14.4. The normalized spacial score (nSPS) is 16.4. The van der Waals surface area contributed by atoms with Crippen LogP contribution in [0.25, 0.3) is 0 Å². The van der Waals surface area contributed by atoms with Crippen LogP contribution in [0.15, 0.2) is 48.5 Å². The topological polar surface area (TPSA) is 177 Å². The maximum Gasteiger partial charge on any atom is 0.407 e. The van der Waals surface area contributed by atoms with Gasteiger partial charge in [0.2, 0.25) is 5.91 Å². The predicted octanol–water partition coefficient (Wildman–Crippen LogP) is 4.20. The van der Waals surface area contributed by atoms with Gasteiger partial charge in [0.1, 0.15) is 17.7 Å². The molecule has 5 atom stereocenters. The van der Waals surface area contributed by atoms with E-state index in [1.54, 1.807) is 40.8 Å². The van der Waals surface area contributed by atoms with E-state index in [2.05, 4.69) is 34.9 Å². The number of urea groups is 1. The molecule has 2 heterocycles. The zero-order chi connectivity index (χ0) is 41.1. The van der Waals surface area contributed by atoms with Crippen LogP contribution in [0.4, 0.5) is 9.59 Å². The lowest BCUT2D eigenvalue weighted by Crippen LogP contribution is -2.60. The molecule has 1 aromatic heterocycles. The molecule has 1 aliphatic rings. The molecule has 0 radical (unpaired) electrons. The molecule has 1 saturated heterocycles. The van der Waals surface area contributed by atoms with Gasteiger partial charge in [0.15, 0.2) is 0 Å². The number of carbonyl (C=O) groups is 4. The lowest BCUT2D eigenvalue weighted by Gasteiger charge is -2.36. The van der Waals surface area contributed by atoms with Crippen molar-refractivity contribution in [3.05, 3.63) is 65.5 Å². The number of alkyl carbamates (subject to hydrolysis) is 1. The smallest absolute Gasteiger partial charge is 0.407 e. The largest absolute Gasteiger partial charge is 0.453 e. The molecule has 1 aliphatic heterocycles. The second-order valence-corrected chi connectivity index (χ2v) is 16.7. The average Bonchev–Trinajstić information content (AvgIpc) is 3.46. The van der Waals surface area contributed by atoms with E-state index in [1.165, 1.54) is 7.11 Å². The van der Waals surface area contributed by atoms with E-state index in [9.17, 15) is 29.4 Å². The van der Waals surface area contributed by atoms with Crippen molar-refractivity contribution < 1.29 is 34.1 Å². The van der Waals surface area contributed by atoms with Crippen molar-refractivity contribution in [1.29, 1.82) is 0 Å². The fourth-order valence-electron chi connectivity index (χ4n) is 6.49. The summed E-state index contributed by atoms with van der Waals surface area (Å²) in [7, 11) is 1.23. The van der Waals surface area contributed by atoms with E-state index in [-0.39, 0.29) is 36.9 Å². The summed E-state index contributed by atoms with van der Waals surface area (Å²) in [6.07, 6.45) is -0.247. The number of carbonyl (C=O) groups excluding carboxylic acids is 4.